The maximum absolute atomic E-state index is 7.26. The van der Waals surface area contributed by atoms with Gasteiger partial charge in [0.2, 0.25) is 8.32 Å². The lowest BCUT2D eigenvalue weighted by atomic mass is 9.71. The quantitative estimate of drug-likeness (QED) is 0.440. The predicted octanol–water partition coefficient (Wildman–Crippen LogP) is 5.58. The van der Waals surface area contributed by atoms with Gasteiger partial charge < -0.3 is 18.6 Å². The van der Waals surface area contributed by atoms with E-state index in [9.17, 15) is 0 Å². The monoisotopic (exact) mass is 408 g/mol. The largest absolute Gasteiger partial charge is 0.410 e. The molecule has 0 amide bonds. The van der Waals surface area contributed by atoms with Gasteiger partial charge in [0.25, 0.3) is 0 Å². The summed E-state index contributed by atoms with van der Waals surface area (Å²) < 4.78 is 26.2. The van der Waals surface area contributed by atoms with Crippen LogP contribution in [0.3, 0.4) is 0 Å². The smallest absolute Gasteiger partial charge is 0.200 e. The van der Waals surface area contributed by atoms with Gasteiger partial charge in [0.05, 0.1) is 24.9 Å². The van der Waals surface area contributed by atoms with Crippen molar-refractivity contribution in [2.24, 2.45) is 5.92 Å². The van der Waals surface area contributed by atoms with Gasteiger partial charge in [-0.05, 0) is 30.0 Å². The molecule has 1 saturated carbocycles. The van der Waals surface area contributed by atoms with Gasteiger partial charge in [-0.25, -0.2) is 0 Å². The number of fused-ring (bicyclic) bond motifs is 1. The molecule has 3 heterocycles. The fourth-order valence-electron chi connectivity index (χ4n) is 6.92. The predicted molar refractivity (Wildman–Crippen MR) is 114 cm³/mol. The van der Waals surface area contributed by atoms with Crippen LogP contribution in [0.5, 0.6) is 0 Å². The van der Waals surface area contributed by atoms with Gasteiger partial charge in [-0.15, -0.1) is 0 Å². The van der Waals surface area contributed by atoms with E-state index < -0.39 is 8.32 Å². The first-order valence-electron chi connectivity index (χ1n) is 11.4. The van der Waals surface area contributed by atoms with Gasteiger partial charge >= 0.3 is 0 Å². The Labute approximate surface area is 172 Å². The molecule has 4 atom stereocenters. The molecule has 4 nitrogen and oxygen atoms in total. The van der Waals surface area contributed by atoms with Crippen LogP contribution < -0.4 is 0 Å². The van der Waals surface area contributed by atoms with Crippen LogP contribution >= 0.6 is 0 Å². The van der Waals surface area contributed by atoms with E-state index in [1.54, 1.807) is 0 Å². The molecule has 0 aromatic rings. The van der Waals surface area contributed by atoms with Crippen LogP contribution in [0.15, 0.2) is 12.2 Å². The second-order valence-corrected chi connectivity index (χ2v) is 16.2. The molecule has 4 rings (SSSR count). The SMILES string of the molecule is CC(C)[Si](O[C@@H]1C[C@@]23CCC4(CC2C=C[C@]1(C)O3)OCCO4)(C(C)C)C(C)C. The summed E-state index contributed by atoms with van der Waals surface area (Å²) in [6, 6.07) is 0. The third kappa shape index (κ3) is 2.99. The zero-order valence-electron chi connectivity index (χ0n) is 18.9. The topological polar surface area (TPSA) is 36.9 Å². The van der Waals surface area contributed by atoms with Crippen molar-refractivity contribution in [3.8, 4) is 0 Å². The van der Waals surface area contributed by atoms with E-state index in [4.69, 9.17) is 18.6 Å². The van der Waals surface area contributed by atoms with Gasteiger partial charge in [0.15, 0.2) is 5.79 Å². The van der Waals surface area contributed by atoms with Crippen LogP contribution in [0, 0.1) is 5.92 Å². The Hall–Kier alpha value is -0.203. The zero-order chi connectivity index (χ0) is 20.4. The molecule has 0 radical (unpaired) electrons. The lowest BCUT2D eigenvalue weighted by molar-refractivity contribution is -0.230. The van der Waals surface area contributed by atoms with Crippen molar-refractivity contribution in [2.45, 2.75) is 114 Å². The third-order valence-corrected chi connectivity index (χ3v) is 14.4. The summed E-state index contributed by atoms with van der Waals surface area (Å²) in [5, 5.41) is 0. The Morgan fingerprint density at radius 2 is 1.54 bits per heavy atom. The van der Waals surface area contributed by atoms with E-state index in [-0.39, 0.29) is 23.1 Å². The summed E-state index contributed by atoms with van der Waals surface area (Å²) in [5.74, 6) is -0.0166. The molecule has 2 spiro atoms. The highest BCUT2D eigenvalue weighted by Gasteiger charge is 2.64. The number of hydrogen-bond acceptors (Lipinski definition) is 4. The first kappa shape index (κ1) is 21.0. The molecule has 0 aromatic carbocycles. The number of rotatable bonds is 5. The van der Waals surface area contributed by atoms with E-state index >= 15 is 0 Å². The Morgan fingerprint density at radius 1 is 0.929 bits per heavy atom. The molecule has 1 unspecified atom stereocenters. The van der Waals surface area contributed by atoms with E-state index in [0.717, 1.165) is 38.9 Å². The Bertz CT molecular complexity index is 602. The molecular formula is C23H40O4Si. The van der Waals surface area contributed by atoms with E-state index in [2.05, 4.69) is 60.6 Å². The van der Waals surface area contributed by atoms with Crippen molar-refractivity contribution < 1.29 is 18.6 Å². The van der Waals surface area contributed by atoms with E-state index in [1.807, 2.05) is 0 Å². The van der Waals surface area contributed by atoms with Crippen LogP contribution in [0.2, 0.25) is 16.6 Å². The number of hydrogen-bond donors (Lipinski definition) is 0. The first-order chi connectivity index (χ1) is 13.1. The highest BCUT2D eigenvalue weighted by molar-refractivity contribution is 6.77. The average Bonchev–Trinajstić information content (AvgIpc) is 3.14. The lowest BCUT2D eigenvalue weighted by Gasteiger charge is -2.48. The lowest BCUT2D eigenvalue weighted by Crippen LogP contribution is -2.53. The normalized spacial score (nSPS) is 39.5. The maximum atomic E-state index is 7.26. The standard InChI is InChI=1S/C23H40O4Si/c1-16(2)28(17(3)4,18(5)6)26-20-15-22-10-11-23(24-12-13-25-23)14-19(22)8-9-21(20,7)27-22/h8-9,16-20H,10-15H2,1-7H3/t19?,20-,21+,22+/m1/s1. The van der Waals surface area contributed by atoms with Gasteiger partial charge in [-0.3, -0.25) is 0 Å². The van der Waals surface area contributed by atoms with Crippen LogP contribution in [0.25, 0.3) is 0 Å². The third-order valence-electron chi connectivity index (χ3n) is 8.26. The Balaban J connectivity index is 1.60. The van der Waals surface area contributed by atoms with Gasteiger partial charge in [0.1, 0.15) is 5.60 Å². The van der Waals surface area contributed by atoms with Crippen molar-refractivity contribution in [3.63, 3.8) is 0 Å². The highest BCUT2D eigenvalue weighted by Crippen LogP contribution is 2.58. The van der Waals surface area contributed by atoms with Crippen LogP contribution in [-0.4, -0.2) is 44.6 Å². The molecule has 0 aromatic heterocycles. The minimum absolute atomic E-state index is 0.111. The molecule has 0 N–H and O–H groups in total. The summed E-state index contributed by atoms with van der Waals surface area (Å²) in [5.41, 5.74) is 1.34. The number of ether oxygens (including phenoxy) is 3. The molecule has 3 aliphatic heterocycles. The van der Waals surface area contributed by atoms with E-state index in [1.165, 1.54) is 0 Å². The summed E-state index contributed by atoms with van der Waals surface area (Å²) in [6.45, 7) is 17.9. The summed E-state index contributed by atoms with van der Waals surface area (Å²) in [7, 11) is -1.95. The van der Waals surface area contributed by atoms with Crippen LogP contribution in [0.4, 0.5) is 0 Å². The highest BCUT2D eigenvalue weighted by atomic mass is 28.4. The Morgan fingerprint density at radius 3 is 2.11 bits per heavy atom. The van der Waals surface area contributed by atoms with Crippen molar-refractivity contribution in [3.05, 3.63) is 12.2 Å². The maximum Gasteiger partial charge on any atom is 0.200 e. The first-order valence-corrected chi connectivity index (χ1v) is 13.6. The molecule has 160 valence electrons. The summed E-state index contributed by atoms with van der Waals surface area (Å²) in [6.07, 6.45) is 8.67. The molecule has 28 heavy (non-hydrogen) atoms. The van der Waals surface area contributed by atoms with Crippen LogP contribution in [-0.2, 0) is 18.6 Å². The molecule has 1 aliphatic carbocycles. The minimum Gasteiger partial charge on any atom is -0.410 e. The van der Waals surface area contributed by atoms with Crippen molar-refractivity contribution in [1.82, 2.24) is 0 Å². The molecule has 4 aliphatic rings. The summed E-state index contributed by atoms with van der Waals surface area (Å²) >= 11 is 0. The molecule has 2 saturated heterocycles. The fourth-order valence-corrected chi connectivity index (χ4v) is 12.5. The average molecular weight is 409 g/mol. The van der Waals surface area contributed by atoms with Gasteiger partial charge in [-0.1, -0.05) is 53.7 Å². The van der Waals surface area contributed by atoms with Crippen molar-refractivity contribution in [1.29, 1.82) is 0 Å². The molecule has 2 bridgehead atoms. The molecule has 5 heteroatoms. The zero-order valence-corrected chi connectivity index (χ0v) is 19.9. The second-order valence-electron chi connectivity index (χ2n) is 10.8. The molecular weight excluding hydrogens is 368 g/mol. The second kappa shape index (κ2) is 6.91. The van der Waals surface area contributed by atoms with E-state index in [0.29, 0.717) is 22.5 Å². The summed E-state index contributed by atoms with van der Waals surface area (Å²) in [4.78, 5) is 0. The van der Waals surface area contributed by atoms with Gasteiger partial charge in [-0.2, -0.15) is 0 Å². The fraction of sp³-hybridized carbons (Fsp3) is 0.913. The minimum atomic E-state index is -1.95. The van der Waals surface area contributed by atoms with Gasteiger partial charge in [0, 0.05) is 25.2 Å². The molecule has 3 fully saturated rings. The van der Waals surface area contributed by atoms with Crippen molar-refractivity contribution >= 4 is 8.32 Å². The Kier molecular flexibility index (Phi) is 5.19. The van der Waals surface area contributed by atoms with Crippen LogP contribution in [0.1, 0.15) is 74.1 Å². The van der Waals surface area contributed by atoms with Crippen molar-refractivity contribution in [2.75, 3.05) is 13.2 Å².